The number of rotatable bonds is 7. The van der Waals surface area contributed by atoms with Crippen molar-refractivity contribution in [2.75, 3.05) is 5.32 Å². The molecule has 0 bridgehead atoms. The lowest BCUT2D eigenvalue weighted by Crippen LogP contribution is -2.48. The highest BCUT2D eigenvalue weighted by Gasteiger charge is 2.16. The number of unbranched alkanes of at least 4 members (excludes halogenated alkanes) is 1. The number of amides is 1. The molecule has 0 aliphatic rings. The SMILES string of the molecule is CCCCc1ccc(NC(=S)NNC(=O)[C@H](C)Oc2ccccc2F)cc1. The van der Waals surface area contributed by atoms with E-state index in [9.17, 15) is 9.18 Å². The minimum absolute atomic E-state index is 0.0176. The van der Waals surface area contributed by atoms with Crippen LogP contribution in [0.4, 0.5) is 10.1 Å². The van der Waals surface area contributed by atoms with Crippen molar-refractivity contribution in [1.82, 2.24) is 10.9 Å². The number of anilines is 1. The Morgan fingerprint density at radius 3 is 2.52 bits per heavy atom. The maximum Gasteiger partial charge on any atom is 0.279 e. The molecule has 2 aromatic carbocycles. The van der Waals surface area contributed by atoms with Gasteiger partial charge in [0.15, 0.2) is 22.8 Å². The molecule has 0 spiro atoms. The number of benzene rings is 2. The number of ether oxygens (including phenoxy) is 1. The van der Waals surface area contributed by atoms with E-state index in [0.717, 1.165) is 24.9 Å². The maximum atomic E-state index is 13.6. The van der Waals surface area contributed by atoms with Gasteiger partial charge in [-0.05, 0) is 61.8 Å². The van der Waals surface area contributed by atoms with Crippen LogP contribution >= 0.6 is 12.2 Å². The summed E-state index contributed by atoms with van der Waals surface area (Å²) >= 11 is 5.16. The van der Waals surface area contributed by atoms with Gasteiger partial charge in [-0.1, -0.05) is 37.6 Å². The lowest BCUT2D eigenvalue weighted by Gasteiger charge is -2.17. The number of carbonyl (C=O) groups is 1. The van der Waals surface area contributed by atoms with Gasteiger partial charge in [-0.3, -0.25) is 15.6 Å². The average Bonchev–Trinajstić information content (AvgIpc) is 2.67. The molecule has 0 radical (unpaired) electrons. The van der Waals surface area contributed by atoms with Gasteiger partial charge in [0.05, 0.1) is 0 Å². The van der Waals surface area contributed by atoms with Crippen LogP contribution in [0.1, 0.15) is 32.3 Å². The van der Waals surface area contributed by atoms with E-state index in [4.69, 9.17) is 17.0 Å². The second kappa shape index (κ2) is 10.5. The van der Waals surface area contributed by atoms with E-state index in [1.165, 1.54) is 24.6 Å². The van der Waals surface area contributed by atoms with E-state index in [0.29, 0.717) is 0 Å². The van der Waals surface area contributed by atoms with E-state index in [2.05, 4.69) is 23.1 Å². The number of hydrazine groups is 1. The lowest BCUT2D eigenvalue weighted by molar-refractivity contribution is -0.127. The zero-order valence-corrected chi connectivity index (χ0v) is 16.2. The van der Waals surface area contributed by atoms with Gasteiger partial charge in [0, 0.05) is 5.69 Å². The van der Waals surface area contributed by atoms with E-state index < -0.39 is 17.8 Å². The number of nitrogens with one attached hydrogen (secondary N) is 3. The average molecular weight is 389 g/mol. The number of halogens is 1. The first-order valence-electron chi connectivity index (χ1n) is 8.86. The largest absolute Gasteiger partial charge is 0.478 e. The lowest BCUT2D eigenvalue weighted by atomic mass is 10.1. The van der Waals surface area contributed by atoms with Crippen molar-refractivity contribution in [2.45, 2.75) is 39.2 Å². The summed E-state index contributed by atoms with van der Waals surface area (Å²) in [4.78, 5) is 12.1. The molecule has 0 saturated carbocycles. The second-order valence-electron chi connectivity index (χ2n) is 6.06. The highest BCUT2D eigenvalue weighted by molar-refractivity contribution is 7.80. The van der Waals surface area contributed by atoms with E-state index in [1.807, 2.05) is 24.3 Å². The maximum absolute atomic E-state index is 13.6. The van der Waals surface area contributed by atoms with Crippen molar-refractivity contribution in [1.29, 1.82) is 0 Å². The minimum atomic E-state index is -0.893. The fraction of sp³-hybridized carbons (Fsp3) is 0.300. The van der Waals surface area contributed by atoms with Gasteiger partial charge >= 0.3 is 0 Å². The summed E-state index contributed by atoms with van der Waals surface area (Å²) in [5.74, 6) is -0.981. The summed E-state index contributed by atoms with van der Waals surface area (Å²) in [6, 6.07) is 13.9. The number of aryl methyl sites for hydroxylation is 1. The molecule has 27 heavy (non-hydrogen) atoms. The summed E-state index contributed by atoms with van der Waals surface area (Å²) in [7, 11) is 0. The number of carbonyl (C=O) groups excluding carboxylic acids is 1. The van der Waals surface area contributed by atoms with Gasteiger partial charge in [0.2, 0.25) is 0 Å². The molecule has 2 aromatic rings. The molecule has 0 aromatic heterocycles. The topological polar surface area (TPSA) is 62.4 Å². The molecule has 2 rings (SSSR count). The molecule has 1 atom stereocenters. The van der Waals surface area contributed by atoms with Gasteiger partial charge < -0.3 is 10.1 Å². The normalized spacial score (nSPS) is 11.4. The third-order valence-electron chi connectivity index (χ3n) is 3.84. The molecule has 0 fully saturated rings. The number of para-hydroxylation sites is 1. The van der Waals surface area contributed by atoms with Crippen molar-refractivity contribution in [2.24, 2.45) is 0 Å². The molecule has 144 valence electrons. The van der Waals surface area contributed by atoms with Gasteiger partial charge in [-0.15, -0.1) is 0 Å². The highest BCUT2D eigenvalue weighted by Crippen LogP contribution is 2.17. The number of thiocarbonyl (C=S) groups is 1. The van der Waals surface area contributed by atoms with Crippen LogP contribution in [0, 0.1) is 5.82 Å². The molecule has 0 heterocycles. The zero-order valence-electron chi connectivity index (χ0n) is 15.4. The predicted molar refractivity (Wildman–Crippen MR) is 109 cm³/mol. The van der Waals surface area contributed by atoms with Crippen LogP contribution in [0.15, 0.2) is 48.5 Å². The Hall–Kier alpha value is -2.67. The van der Waals surface area contributed by atoms with Crippen LogP contribution in [0.3, 0.4) is 0 Å². The van der Waals surface area contributed by atoms with E-state index in [-0.39, 0.29) is 10.9 Å². The molecule has 7 heteroatoms. The van der Waals surface area contributed by atoms with Gasteiger partial charge in [-0.2, -0.15) is 0 Å². The summed E-state index contributed by atoms with van der Waals surface area (Å²) in [5, 5.41) is 3.22. The third kappa shape index (κ3) is 6.86. The van der Waals surface area contributed by atoms with Gasteiger partial charge in [0.25, 0.3) is 5.91 Å². The van der Waals surface area contributed by atoms with Crippen LogP contribution in [-0.2, 0) is 11.2 Å². The predicted octanol–water partition coefficient (Wildman–Crippen LogP) is 3.95. The van der Waals surface area contributed by atoms with Crippen molar-refractivity contribution in [3.05, 3.63) is 59.9 Å². The highest BCUT2D eigenvalue weighted by atomic mass is 32.1. The Balaban J connectivity index is 1.77. The monoisotopic (exact) mass is 389 g/mol. The molecular formula is C20H24FN3O2S. The fourth-order valence-corrected chi connectivity index (χ4v) is 2.47. The Kier molecular flexibility index (Phi) is 8.00. The van der Waals surface area contributed by atoms with Crippen LogP contribution < -0.4 is 20.9 Å². The Labute approximate surface area is 164 Å². The van der Waals surface area contributed by atoms with Crippen LogP contribution in [-0.4, -0.2) is 17.1 Å². The summed E-state index contributed by atoms with van der Waals surface area (Å²) in [5.41, 5.74) is 7.14. The third-order valence-corrected chi connectivity index (χ3v) is 4.04. The first-order valence-corrected chi connectivity index (χ1v) is 9.27. The van der Waals surface area contributed by atoms with Gasteiger partial charge in [-0.25, -0.2) is 4.39 Å². The number of hydrogen-bond acceptors (Lipinski definition) is 3. The molecule has 1 amide bonds. The Morgan fingerprint density at radius 1 is 1.15 bits per heavy atom. The van der Waals surface area contributed by atoms with Crippen molar-refractivity contribution in [3.63, 3.8) is 0 Å². The van der Waals surface area contributed by atoms with Crippen LogP contribution in [0.5, 0.6) is 5.75 Å². The molecule has 0 aliphatic carbocycles. The summed E-state index contributed by atoms with van der Waals surface area (Å²) in [6.07, 6.45) is 2.48. The molecule has 3 N–H and O–H groups in total. The van der Waals surface area contributed by atoms with E-state index >= 15 is 0 Å². The quantitative estimate of drug-likeness (QED) is 0.494. The van der Waals surface area contributed by atoms with Crippen LogP contribution in [0.25, 0.3) is 0 Å². The van der Waals surface area contributed by atoms with Crippen molar-refractivity contribution in [3.8, 4) is 5.75 Å². The van der Waals surface area contributed by atoms with Crippen molar-refractivity contribution < 1.29 is 13.9 Å². The van der Waals surface area contributed by atoms with Crippen molar-refractivity contribution >= 4 is 28.9 Å². The fourth-order valence-electron chi connectivity index (χ4n) is 2.30. The molecular weight excluding hydrogens is 365 g/mol. The molecule has 0 saturated heterocycles. The van der Waals surface area contributed by atoms with E-state index in [1.54, 1.807) is 12.1 Å². The van der Waals surface area contributed by atoms with Gasteiger partial charge in [0.1, 0.15) is 0 Å². The summed E-state index contributed by atoms with van der Waals surface area (Å²) < 4.78 is 18.9. The standard InChI is InChI=1S/C20H24FN3O2S/c1-3-4-7-15-10-12-16(13-11-15)22-20(27)24-23-19(25)14(2)26-18-9-6-5-8-17(18)21/h5-6,8-14H,3-4,7H2,1-2H3,(H,23,25)(H2,22,24,27)/t14-/m0/s1. The summed E-state index contributed by atoms with van der Waals surface area (Å²) in [6.45, 7) is 3.69. The molecule has 0 unspecified atom stereocenters. The first kappa shape index (κ1) is 20.6. The Bertz CT molecular complexity index is 768. The smallest absolute Gasteiger partial charge is 0.279 e. The Morgan fingerprint density at radius 2 is 1.85 bits per heavy atom. The molecule has 0 aliphatic heterocycles. The zero-order chi connectivity index (χ0) is 19.6. The first-order chi connectivity index (χ1) is 13.0. The van der Waals surface area contributed by atoms with Crippen LogP contribution in [0.2, 0.25) is 0 Å². The minimum Gasteiger partial charge on any atom is -0.478 e. The molecule has 5 nitrogen and oxygen atoms in total. The second-order valence-corrected chi connectivity index (χ2v) is 6.47. The number of hydrogen-bond donors (Lipinski definition) is 3.